The van der Waals surface area contributed by atoms with Crippen LogP contribution in [0.4, 0.5) is 26.3 Å². The zero-order valence-electron chi connectivity index (χ0n) is 28.9. The number of alkyl halides is 6. The zero-order chi connectivity index (χ0) is 39.3. The summed E-state index contributed by atoms with van der Waals surface area (Å²) in [6.07, 6.45) is -5.83. The van der Waals surface area contributed by atoms with Gasteiger partial charge in [0, 0.05) is 44.0 Å². The fraction of sp³-hybridized carbons (Fsp3) is 0.486. The first-order valence-electron chi connectivity index (χ1n) is 17.3. The molecule has 4 aliphatic rings. The lowest BCUT2D eigenvalue weighted by Gasteiger charge is -2.51. The van der Waals surface area contributed by atoms with Gasteiger partial charge in [0.15, 0.2) is 5.82 Å². The molecule has 55 heavy (non-hydrogen) atoms. The van der Waals surface area contributed by atoms with Crippen molar-refractivity contribution < 1.29 is 50.4 Å². The Balaban J connectivity index is 1.04. The van der Waals surface area contributed by atoms with E-state index in [1.165, 1.54) is 57.1 Å². The van der Waals surface area contributed by atoms with E-state index >= 15 is 0 Å². The van der Waals surface area contributed by atoms with Crippen molar-refractivity contribution >= 4 is 17.8 Å². The number of hydrogen-bond acceptors (Lipinski definition) is 9. The highest BCUT2D eigenvalue weighted by Gasteiger charge is 2.72. The van der Waals surface area contributed by atoms with Crippen molar-refractivity contribution in [2.45, 2.75) is 68.9 Å². The standard InChI is InChI=1S/C35H31F6N9O5/c1-19(50-9-4-25(45-50)32(5-6-32)34(36,37)38)27-44-26(46-55-27)24-15-47(16-31(24)17-48(18-31)30(54)33(7-8-33)35(39,40)41)28(51)22-12-43-49(14-22)13-21-3-2-20(11-42)10-23(21)29(52)53/h2-4,9-10,12,14,19,24H,5-8,13,15-18H2,1H3,(H,52,53). The van der Waals surface area contributed by atoms with Crippen molar-refractivity contribution in [1.29, 1.82) is 5.26 Å². The predicted octanol–water partition coefficient (Wildman–Crippen LogP) is 4.69. The molecule has 5 heterocycles. The quantitative estimate of drug-likeness (QED) is 0.235. The molecule has 2 atom stereocenters. The Morgan fingerprint density at radius 3 is 2.36 bits per heavy atom. The lowest BCUT2D eigenvalue weighted by Crippen LogP contribution is -2.64. The third-order valence-corrected chi connectivity index (χ3v) is 11.5. The Bertz CT molecular complexity index is 2260. The van der Waals surface area contributed by atoms with E-state index in [9.17, 15) is 45.8 Å². The molecule has 2 unspecified atom stereocenters. The number of likely N-dealkylation sites (tertiary alicyclic amines) is 2. The number of carboxylic acids is 1. The molecule has 288 valence electrons. The Hall–Kier alpha value is -5.74. The maximum atomic E-state index is 13.9. The molecule has 2 saturated carbocycles. The number of rotatable bonds is 9. The SMILES string of the molecule is CC(c1nc(C2CN(C(=O)c3cnn(Cc4ccc(C#N)cc4C(=O)O)c3)CC23CN(C(=O)C2(C(F)(F)F)CC2)C3)no1)n1ccc(C2(C(F)(F)F)CC2)n1. The molecular weight excluding hydrogens is 740 g/mol. The minimum Gasteiger partial charge on any atom is -0.478 e. The number of aromatic carboxylic acids is 1. The molecule has 2 amide bonds. The molecular formula is C35H31F6N9O5. The average molecular weight is 772 g/mol. The van der Waals surface area contributed by atoms with E-state index in [2.05, 4.69) is 20.3 Å². The minimum absolute atomic E-state index is 0.00695. The first kappa shape index (κ1) is 36.2. The van der Waals surface area contributed by atoms with Crippen LogP contribution >= 0.6 is 0 Å². The van der Waals surface area contributed by atoms with Gasteiger partial charge in [-0.3, -0.25) is 19.0 Å². The van der Waals surface area contributed by atoms with E-state index in [1.54, 1.807) is 6.92 Å². The normalized spacial score (nSPS) is 21.2. The van der Waals surface area contributed by atoms with Crippen molar-refractivity contribution in [3.8, 4) is 6.07 Å². The topological polar surface area (TPSA) is 176 Å². The average Bonchev–Trinajstić information content (AvgIpc) is 3.83. The van der Waals surface area contributed by atoms with E-state index in [1.807, 2.05) is 6.07 Å². The smallest absolute Gasteiger partial charge is 0.403 e. The molecule has 20 heteroatoms. The number of aromatic nitrogens is 6. The van der Waals surface area contributed by atoms with Gasteiger partial charge < -0.3 is 19.4 Å². The summed E-state index contributed by atoms with van der Waals surface area (Å²) in [5.41, 5.74) is -4.98. The first-order chi connectivity index (χ1) is 25.9. The largest absolute Gasteiger partial charge is 0.478 e. The van der Waals surface area contributed by atoms with Crippen LogP contribution < -0.4 is 0 Å². The molecule has 0 bridgehead atoms. The summed E-state index contributed by atoms with van der Waals surface area (Å²) in [7, 11) is 0. The molecule has 2 aliphatic heterocycles. The maximum absolute atomic E-state index is 13.9. The highest BCUT2D eigenvalue weighted by atomic mass is 19.4. The molecule has 2 aliphatic carbocycles. The molecule has 3 aromatic heterocycles. The number of nitrogens with zero attached hydrogens (tertiary/aromatic N) is 9. The van der Waals surface area contributed by atoms with Gasteiger partial charge in [0.1, 0.15) is 16.9 Å². The van der Waals surface area contributed by atoms with Crippen LogP contribution in [-0.2, 0) is 16.8 Å². The molecule has 1 N–H and O–H groups in total. The van der Waals surface area contributed by atoms with Crippen molar-refractivity contribution in [1.82, 2.24) is 39.5 Å². The molecule has 8 rings (SSSR count). The second-order valence-electron chi connectivity index (χ2n) is 15.0. The second kappa shape index (κ2) is 12.1. The van der Waals surface area contributed by atoms with E-state index in [-0.39, 0.29) is 92.5 Å². The number of carboxylic acid groups (broad SMARTS) is 1. The second-order valence-corrected chi connectivity index (χ2v) is 15.0. The van der Waals surface area contributed by atoms with Crippen LogP contribution in [0, 0.1) is 22.2 Å². The van der Waals surface area contributed by atoms with Crippen LogP contribution in [0.1, 0.15) is 93.8 Å². The van der Waals surface area contributed by atoms with Crippen molar-refractivity contribution in [3.05, 3.63) is 82.5 Å². The number of halogens is 6. The van der Waals surface area contributed by atoms with E-state index in [4.69, 9.17) is 9.78 Å². The van der Waals surface area contributed by atoms with Gasteiger partial charge in [-0.2, -0.15) is 46.8 Å². The Kier molecular flexibility index (Phi) is 8.00. The number of amides is 2. The van der Waals surface area contributed by atoms with Gasteiger partial charge in [-0.15, -0.1) is 0 Å². The Morgan fingerprint density at radius 2 is 1.75 bits per heavy atom. The summed E-state index contributed by atoms with van der Waals surface area (Å²) < 4.78 is 91.0. The summed E-state index contributed by atoms with van der Waals surface area (Å²) in [6.45, 7) is 1.34. The Morgan fingerprint density at radius 1 is 1.04 bits per heavy atom. The van der Waals surface area contributed by atoms with Crippen LogP contribution in [0.15, 0.2) is 47.4 Å². The monoisotopic (exact) mass is 771 g/mol. The lowest BCUT2D eigenvalue weighted by atomic mass is 9.70. The van der Waals surface area contributed by atoms with Gasteiger partial charge in [0.25, 0.3) is 11.8 Å². The van der Waals surface area contributed by atoms with Gasteiger partial charge in [-0.05, 0) is 56.4 Å². The van der Waals surface area contributed by atoms with Crippen LogP contribution in [0.3, 0.4) is 0 Å². The van der Waals surface area contributed by atoms with E-state index in [0.29, 0.717) is 5.56 Å². The Labute approximate surface area is 307 Å². The van der Waals surface area contributed by atoms with Gasteiger partial charge in [0.05, 0.1) is 47.1 Å². The molecule has 4 fully saturated rings. The van der Waals surface area contributed by atoms with Crippen molar-refractivity contribution in [3.63, 3.8) is 0 Å². The van der Waals surface area contributed by atoms with Crippen LogP contribution in [0.5, 0.6) is 0 Å². The third kappa shape index (κ3) is 5.82. The predicted molar refractivity (Wildman–Crippen MR) is 172 cm³/mol. The zero-order valence-corrected chi connectivity index (χ0v) is 28.9. The van der Waals surface area contributed by atoms with Gasteiger partial charge >= 0.3 is 18.3 Å². The summed E-state index contributed by atoms with van der Waals surface area (Å²) in [6, 6.07) is 6.56. The molecule has 0 radical (unpaired) electrons. The number of benzene rings is 1. The fourth-order valence-electron chi connectivity index (χ4n) is 7.89. The maximum Gasteiger partial charge on any atom is 0.403 e. The molecule has 1 spiro atoms. The summed E-state index contributed by atoms with van der Waals surface area (Å²) >= 11 is 0. The number of hydrogen-bond donors (Lipinski definition) is 1. The van der Waals surface area contributed by atoms with Gasteiger partial charge in [0.2, 0.25) is 5.91 Å². The van der Waals surface area contributed by atoms with Crippen LogP contribution in [0.25, 0.3) is 0 Å². The van der Waals surface area contributed by atoms with Crippen molar-refractivity contribution in [2.24, 2.45) is 10.8 Å². The van der Waals surface area contributed by atoms with Gasteiger partial charge in [-0.1, -0.05) is 11.2 Å². The molecule has 14 nitrogen and oxygen atoms in total. The van der Waals surface area contributed by atoms with Crippen LogP contribution in [-0.4, -0.2) is 101 Å². The van der Waals surface area contributed by atoms with Crippen LogP contribution in [0.2, 0.25) is 0 Å². The molecule has 4 aromatic rings. The number of carbonyl (C=O) groups excluding carboxylic acids is 2. The van der Waals surface area contributed by atoms with E-state index < -0.39 is 58.3 Å². The summed E-state index contributed by atoms with van der Waals surface area (Å²) in [5.74, 6) is -3.35. The third-order valence-electron chi connectivity index (χ3n) is 11.5. The molecule has 1 aromatic carbocycles. The number of nitriles is 1. The van der Waals surface area contributed by atoms with E-state index in [0.717, 1.165) is 4.90 Å². The fourth-order valence-corrected chi connectivity index (χ4v) is 7.89. The first-order valence-corrected chi connectivity index (χ1v) is 17.3. The lowest BCUT2D eigenvalue weighted by molar-refractivity contribution is -0.204. The highest BCUT2D eigenvalue weighted by Crippen LogP contribution is 2.61. The minimum atomic E-state index is -4.71. The molecule has 2 saturated heterocycles. The number of carbonyl (C=O) groups is 3. The summed E-state index contributed by atoms with van der Waals surface area (Å²) in [5, 5.41) is 31.3. The van der Waals surface area contributed by atoms with Crippen molar-refractivity contribution in [2.75, 3.05) is 26.2 Å². The highest BCUT2D eigenvalue weighted by molar-refractivity contribution is 5.94. The van der Waals surface area contributed by atoms with Gasteiger partial charge in [-0.25, -0.2) is 4.79 Å². The summed E-state index contributed by atoms with van der Waals surface area (Å²) in [4.78, 5) is 46.0.